The van der Waals surface area contributed by atoms with Gasteiger partial charge in [-0.05, 0) is 43.1 Å². The smallest absolute Gasteiger partial charge is 0.123 e. The summed E-state index contributed by atoms with van der Waals surface area (Å²) < 4.78 is 5.53. The number of benzene rings is 1. The molecule has 1 atom stereocenters. The molecule has 1 aromatic carbocycles. The first-order valence-electron chi connectivity index (χ1n) is 6.93. The van der Waals surface area contributed by atoms with Crippen molar-refractivity contribution in [1.82, 2.24) is 10.6 Å². The Morgan fingerprint density at radius 3 is 2.89 bits per heavy atom. The van der Waals surface area contributed by atoms with Gasteiger partial charge in [0.1, 0.15) is 5.75 Å². The van der Waals surface area contributed by atoms with E-state index >= 15 is 0 Å². The second kappa shape index (κ2) is 6.21. The second-order valence-corrected chi connectivity index (χ2v) is 4.81. The summed E-state index contributed by atoms with van der Waals surface area (Å²) >= 11 is 0. The summed E-state index contributed by atoms with van der Waals surface area (Å²) in [6.07, 6.45) is 2.25. The van der Waals surface area contributed by atoms with E-state index in [0.29, 0.717) is 6.04 Å². The highest BCUT2D eigenvalue weighted by Crippen LogP contribution is 2.31. The Morgan fingerprint density at radius 1 is 1.39 bits per heavy atom. The standard InChI is InChI=1S/C15H24N2O/c1-4-14-13-9-15(18-3)12(10-16-5-2)8-11(13)6-7-17-14/h8-9,14,16-17H,4-7,10H2,1-3H3. The lowest BCUT2D eigenvalue weighted by Crippen LogP contribution is -2.29. The summed E-state index contributed by atoms with van der Waals surface area (Å²) in [6, 6.07) is 5.03. The van der Waals surface area contributed by atoms with Gasteiger partial charge >= 0.3 is 0 Å². The fourth-order valence-electron chi connectivity index (χ4n) is 2.68. The molecule has 0 saturated carbocycles. The van der Waals surface area contributed by atoms with E-state index in [-0.39, 0.29) is 0 Å². The molecular weight excluding hydrogens is 224 g/mol. The van der Waals surface area contributed by atoms with E-state index in [1.54, 1.807) is 7.11 Å². The van der Waals surface area contributed by atoms with Gasteiger partial charge in [-0.3, -0.25) is 0 Å². The van der Waals surface area contributed by atoms with E-state index in [4.69, 9.17) is 4.74 Å². The highest BCUT2D eigenvalue weighted by Gasteiger charge is 2.20. The fourth-order valence-corrected chi connectivity index (χ4v) is 2.68. The Bertz CT molecular complexity index is 404. The minimum atomic E-state index is 0.482. The van der Waals surface area contributed by atoms with Crippen molar-refractivity contribution in [2.24, 2.45) is 0 Å². The quantitative estimate of drug-likeness (QED) is 0.839. The first kappa shape index (κ1) is 13.4. The van der Waals surface area contributed by atoms with E-state index < -0.39 is 0 Å². The first-order valence-corrected chi connectivity index (χ1v) is 6.93. The summed E-state index contributed by atoms with van der Waals surface area (Å²) in [7, 11) is 1.76. The average Bonchev–Trinajstić information content (AvgIpc) is 2.43. The Morgan fingerprint density at radius 2 is 2.22 bits per heavy atom. The molecule has 100 valence electrons. The van der Waals surface area contributed by atoms with E-state index in [1.165, 1.54) is 16.7 Å². The van der Waals surface area contributed by atoms with Gasteiger partial charge in [0.15, 0.2) is 0 Å². The lowest BCUT2D eigenvalue weighted by Gasteiger charge is -2.27. The number of nitrogens with one attached hydrogen (secondary N) is 2. The number of hydrogen-bond acceptors (Lipinski definition) is 3. The van der Waals surface area contributed by atoms with Crippen LogP contribution in [-0.2, 0) is 13.0 Å². The zero-order valence-corrected chi connectivity index (χ0v) is 11.7. The number of ether oxygens (including phenoxy) is 1. The van der Waals surface area contributed by atoms with Crippen LogP contribution in [0, 0.1) is 0 Å². The molecule has 0 radical (unpaired) electrons. The van der Waals surface area contributed by atoms with Gasteiger partial charge in [-0.2, -0.15) is 0 Å². The minimum Gasteiger partial charge on any atom is -0.496 e. The van der Waals surface area contributed by atoms with Crippen LogP contribution in [0.1, 0.15) is 43.0 Å². The van der Waals surface area contributed by atoms with Gasteiger partial charge in [0.05, 0.1) is 7.11 Å². The van der Waals surface area contributed by atoms with Crippen molar-refractivity contribution in [2.45, 2.75) is 39.3 Å². The molecule has 1 unspecified atom stereocenters. The fraction of sp³-hybridized carbons (Fsp3) is 0.600. The summed E-state index contributed by atoms with van der Waals surface area (Å²) in [6.45, 7) is 7.31. The highest BCUT2D eigenvalue weighted by atomic mass is 16.5. The molecule has 1 heterocycles. The van der Waals surface area contributed by atoms with E-state index in [2.05, 4.69) is 36.6 Å². The molecule has 0 spiro atoms. The van der Waals surface area contributed by atoms with Crippen molar-refractivity contribution >= 4 is 0 Å². The third-order valence-electron chi connectivity index (χ3n) is 3.68. The van der Waals surface area contributed by atoms with Crippen LogP contribution in [0.25, 0.3) is 0 Å². The van der Waals surface area contributed by atoms with Crippen molar-refractivity contribution in [3.05, 3.63) is 28.8 Å². The van der Waals surface area contributed by atoms with Gasteiger partial charge in [0.2, 0.25) is 0 Å². The lowest BCUT2D eigenvalue weighted by molar-refractivity contribution is 0.403. The van der Waals surface area contributed by atoms with Crippen LogP contribution in [0.5, 0.6) is 5.75 Å². The summed E-state index contributed by atoms with van der Waals surface area (Å²) in [5.41, 5.74) is 4.17. The molecule has 18 heavy (non-hydrogen) atoms. The first-order chi connectivity index (χ1) is 8.80. The Hall–Kier alpha value is -1.06. The van der Waals surface area contributed by atoms with Crippen LogP contribution in [0.4, 0.5) is 0 Å². The van der Waals surface area contributed by atoms with Crippen molar-refractivity contribution in [2.75, 3.05) is 20.2 Å². The Balaban J connectivity index is 2.33. The monoisotopic (exact) mass is 248 g/mol. The van der Waals surface area contributed by atoms with Crippen LogP contribution < -0.4 is 15.4 Å². The maximum atomic E-state index is 5.53. The zero-order chi connectivity index (χ0) is 13.0. The molecule has 3 nitrogen and oxygen atoms in total. The third kappa shape index (κ3) is 2.68. The maximum Gasteiger partial charge on any atom is 0.123 e. The normalized spacial score (nSPS) is 18.5. The van der Waals surface area contributed by atoms with Crippen LogP contribution >= 0.6 is 0 Å². The van der Waals surface area contributed by atoms with Crippen LogP contribution in [0.2, 0.25) is 0 Å². The van der Waals surface area contributed by atoms with Crippen LogP contribution in [-0.4, -0.2) is 20.2 Å². The Kier molecular flexibility index (Phi) is 4.61. The van der Waals surface area contributed by atoms with Crippen LogP contribution in [0.3, 0.4) is 0 Å². The topological polar surface area (TPSA) is 33.3 Å². The van der Waals surface area contributed by atoms with Gasteiger partial charge in [0.25, 0.3) is 0 Å². The number of rotatable bonds is 5. The van der Waals surface area contributed by atoms with Gasteiger partial charge < -0.3 is 15.4 Å². The summed E-state index contributed by atoms with van der Waals surface area (Å²) in [4.78, 5) is 0. The van der Waals surface area contributed by atoms with Crippen molar-refractivity contribution in [1.29, 1.82) is 0 Å². The Labute approximate surface area is 110 Å². The van der Waals surface area contributed by atoms with Crippen LogP contribution in [0.15, 0.2) is 12.1 Å². The molecule has 0 fully saturated rings. The largest absolute Gasteiger partial charge is 0.496 e. The van der Waals surface area contributed by atoms with Crippen molar-refractivity contribution in [3.8, 4) is 5.75 Å². The molecule has 0 saturated heterocycles. The van der Waals surface area contributed by atoms with Crippen molar-refractivity contribution < 1.29 is 4.74 Å². The van der Waals surface area contributed by atoms with E-state index in [9.17, 15) is 0 Å². The van der Waals surface area contributed by atoms with Gasteiger partial charge in [-0.15, -0.1) is 0 Å². The summed E-state index contributed by atoms with van der Waals surface area (Å²) in [5.74, 6) is 1.01. The van der Waals surface area contributed by atoms with Gasteiger partial charge in [-0.1, -0.05) is 19.9 Å². The molecular formula is C15H24N2O. The summed E-state index contributed by atoms with van der Waals surface area (Å²) in [5, 5.41) is 6.94. The van der Waals surface area contributed by atoms with Gasteiger partial charge in [0, 0.05) is 18.2 Å². The lowest BCUT2D eigenvalue weighted by atomic mass is 9.90. The number of methoxy groups -OCH3 is 1. The van der Waals surface area contributed by atoms with Crippen molar-refractivity contribution in [3.63, 3.8) is 0 Å². The van der Waals surface area contributed by atoms with E-state index in [1.807, 2.05) is 0 Å². The predicted octanol–water partition coefficient (Wildman–Crippen LogP) is 2.40. The molecule has 0 amide bonds. The highest BCUT2D eigenvalue weighted by molar-refractivity contribution is 5.45. The van der Waals surface area contributed by atoms with E-state index in [0.717, 1.165) is 38.2 Å². The molecule has 2 N–H and O–H groups in total. The second-order valence-electron chi connectivity index (χ2n) is 4.81. The molecule has 1 aromatic rings. The predicted molar refractivity (Wildman–Crippen MR) is 75.1 cm³/mol. The maximum absolute atomic E-state index is 5.53. The third-order valence-corrected chi connectivity index (χ3v) is 3.68. The van der Waals surface area contributed by atoms with Gasteiger partial charge in [-0.25, -0.2) is 0 Å². The molecule has 1 aliphatic heterocycles. The average molecular weight is 248 g/mol. The molecule has 0 aliphatic carbocycles. The molecule has 1 aliphatic rings. The zero-order valence-electron chi connectivity index (χ0n) is 11.7. The number of fused-ring (bicyclic) bond motifs is 1. The molecule has 3 heteroatoms. The SMILES string of the molecule is CCNCc1cc2c(cc1OC)C(CC)NCC2. The minimum absolute atomic E-state index is 0.482. The number of hydrogen-bond donors (Lipinski definition) is 2. The molecule has 0 bridgehead atoms. The molecule has 2 rings (SSSR count). The molecule has 0 aromatic heterocycles.